The summed E-state index contributed by atoms with van der Waals surface area (Å²) in [6.07, 6.45) is 3.20. The van der Waals surface area contributed by atoms with Crippen LogP contribution in [-0.4, -0.2) is 50.7 Å². The Labute approximate surface area is 151 Å². The number of ether oxygens (including phenoxy) is 2. The van der Waals surface area contributed by atoms with Gasteiger partial charge in [-0.25, -0.2) is 0 Å². The summed E-state index contributed by atoms with van der Waals surface area (Å²) in [5.74, 6) is 1.18. The molecule has 1 amide bonds. The van der Waals surface area contributed by atoms with Crippen LogP contribution >= 0.6 is 22.6 Å². The van der Waals surface area contributed by atoms with Gasteiger partial charge in [-0.2, -0.15) is 0 Å². The molecule has 1 aromatic rings. The maximum Gasteiger partial charge on any atom is 0.252 e. The van der Waals surface area contributed by atoms with Crippen LogP contribution in [0, 0.1) is 3.57 Å². The predicted octanol–water partition coefficient (Wildman–Crippen LogP) is 2.91. The van der Waals surface area contributed by atoms with Gasteiger partial charge in [-0.05, 0) is 60.5 Å². The lowest BCUT2D eigenvalue weighted by molar-refractivity contribution is 0.0910. The fourth-order valence-corrected chi connectivity index (χ4v) is 3.59. The Morgan fingerprint density at radius 3 is 2.43 bits per heavy atom. The fraction of sp³-hybridized carbons (Fsp3) is 0.588. The zero-order valence-corrected chi connectivity index (χ0v) is 16.2. The van der Waals surface area contributed by atoms with E-state index < -0.39 is 0 Å². The number of nitrogens with zero attached hydrogens (tertiary/aromatic N) is 1. The van der Waals surface area contributed by atoms with E-state index in [1.54, 1.807) is 20.3 Å². The summed E-state index contributed by atoms with van der Waals surface area (Å²) in [5.41, 5.74) is 0.638. The Bertz CT molecular complexity index is 543. The topological polar surface area (TPSA) is 50.8 Å². The summed E-state index contributed by atoms with van der Waals surface area (Å²) in [4.78, 5) is 15.0. The fourth-order valence-electron chi connectivity index (χ4n) is 2.91. The van der Waals surface area contributed by atoms with Crippen LogP contribution in [0.1, 0.15) is 36.5 Å². The summed E-state index contributed by atoms with van der Waals surface area (Å²) in [6, 6.07) is 3.83. The lowest BCUT2D eigenvalue weighted by Gasteiger charge is -2.32. The van der Waals surface area contributed by atoms with Gasteiger partial charge in [-0.3, -0.25) is 4.79 Å². The van der Waals surface area contributed by atoms with Crippen molar-refractivity contribution in [2.75, 3.05) is 33.9 Å². The highest BCUT2D eigenvalue weighted by Gasteiger charge is 2.22. The number of hydrogen-bond acceptors (Lipinski definition) is 4. The molecular weight excluding hydrogens is 407 g/mol. The number of benzene rings is 1. The van der Waals surface area contributed by atoms with Crippen LogP contribution in [0.15, 0.2) is 12.1 Å². The summed E-state index contributed by atoms with van der Waals surface area (Å²) < 4.78 is 11.4. The maximum atomic E-state index is 12.6. The van der Waals surface area contributed by atoms with E-state index in [-0.39, 0.29) is 11.9 Å². The number of likely N-dealkylation sites (tertiary alicyclic amines) is 1. The van der Waals surface area contributed by atoms with Crippen LogP contribution in [0.25, 0.3) is 0 Å². The van der Waals surface area contributed by atoms with Gasteiger partial charge in [0.05, 0.1) is 19.8 Å². The third-order valence-electron chi connectivity index (χ3n) is 4.18. The number of methoxy groups -OCH3 is 2. The second kappa shape index (κ2) is 8.73. The average molecular weight is 432 g/mol. The molecule has 0 aliphatic carbocycles. The first-order chi connectivity index (χ1) is 11.1. The van der Waals surface area contributed by atoms with E-state index in [0.29, 0.717) is 17.1 Å². The number of amides is 1. The highest BCUT2D eigenvalue weighted by Crippen LogP contribution is 2.31. The average Bonchev–Trinajstić information content (AvgIpc) is 2.56. The standard InChI is InChI=1S/C17H25IN2O3/c1-4-7-20-8-5-12(6-9-20)19-17(21)13-10-15(22-2)16(23-3)11-14(13)18/h10-12H,4-9H2,1-3H3,(H,19,21). The van der Waals surface area contributed by atoms with E-state index >= 15 is 0 Å². The van der Waals surface area contributed by atoms with Crippen molar-refractivity contribution < 1.29 is 14.3 Å². The molecule has 0 unspecified atom stereocenters. The van der Waals surface area contributed by atoms with E-state index in [9.17, 15) is 4.79 Å². The first-order valence-corrected chi connectivity index (χ1v) is 9.11. The van der Waals surface area contributed by atoms with Crippen molar-refractivity contribution in [2.45, 2.75) is 32.2 Å². The molecule has 6 heteroatoms. The van der Waals surface area contributed by atoms with Crippen molar-refractivity contribution in [1.82, 2.24) is 10.2 Å². The number of carbonyl (C=O) groups is 1. The quantitative estimate of drug-likeness (QED) is 0.703. The summed E-state index contributed by atoms with van der Waals surface area (Å²) in [5, 5.41) is 3.16. The van der Waals surface area contributed by atoms with Crippen LogP contribution < -0.4 is 14.8 Å². The molecule has 1 aliphatic rings. The summed E-state index contributed by atoms with van der Waals surface area (Å²) in [7, 11) is 3.17. The van der Waals surface area contributed by atoms with Gasteiger partial charge in [0, 0.05) is 22.7 Å². The number of carbonyl (C=O) groups excluding carboxylic acids is 1. The van der Waals surface area contributed by atoms with Gasteiger partial charge in [0.15, 0.2) is 11.5 Å². The van der Waals surface area contributed by atoms with Crippen LogP contribution in [-0.2, 0) is 0 Å². The molecule has 5 nitrogen and oxygen atoms in total. The normalized spacial score (nSPS) is 16.2. The first-order valence-electron chi connectivity index (χ1n) is 8.03. The van der Waals surface area contributed by atoms with Crippen LogP contribution in [0.4, 0.5) is 0 Å². The molecule has 1 heterocycles. The summed E-state index contributed by atoms with van der Waals surface area (Å²) in [6.45, 7) is 5.46. The Morgan fingerprint density at radius 1 is 1.26 bits per heavy atom. The summed E-state index contributed by atoms with van der Waals surface area (Å²) >= 11 is 2.16. The first kappa shape index (κ1) is 18.3. The van der Waals surface area contributed by atoms with Crippen molar-refractivity contribution in [1.29, 1.82) is 0 Å². The molecule has 2 rings (SSSR count). The monoisotopic (exact) mass is 432 g/mol. The van der Waals surface area contributed by atoms with Gasteiger partial charge in [-0.15, -0.1) is 0 Å². The van der Waals surface area contributed by atoms with E-state index in [1.807, 2.05) is 6.07 Å². The smallest absolute Gasteiger partial charge is 0.252 e. The van der Waals surface area contributed by atoms with Gasteiger partial charge in [-0.1, -0.05) is 6.92 Å². The van der Waals surface area contributed by atoms with Crippen molar-refractivity contribution in [3.8, 4) is 11.5 Å². The highest BCUT2D eigenvalue weighted by atomic mass is 127. The third-order valence-corrected chi connectivity index (χ3v) is 5.07. The van der Waals surface area contributed by atoms with E-state index in [0.717, 1.165) is 36.0 Å². The van der Waals surface area contributed by atoms with Crippen LogP contribution in [0.2, 0.25) is 0 Å². The van der Waals surface area contributed by atoms with Gasteiger partial charge < -0.3 is 19.7 Å². The largest absolute Gasteiger partial charge is 0.493 e. The van der Waals surface area contributed by atoms with Crippen LogP contribution in [0.3, 0.4) is 0 Å². The molecule has 23 heavy (non-hydrogen) atoms. The highest BCUT2D eigenvalue weighted by molar-refractivity contribution is 14.1. The van der Waals surface area contributed by atoms with Crippen molar-refractivity contribution in [2.24, 2.45) is 0 Å². The number of halogens is 1. The van der Waals surface area contributed by atoms with Gasteiger partial charge in [0.1, 0.15) is 0 Å². The zero-order valence-electron chi connectivity index (χ0n) is 14.0. The Balaban J connectivity index is 2.01. The molecule has 0 saturated carbocycles. The minimum Gasteiger partial charge on any atom is -0.493 e. The molecule has 0 radical (unpaired) electrons. The lowest BCUT2D eigenvalue weighted by Crippen LogP contribution is -2.44. The number of hydrogen-bond donors (Lipinski definition) is 1. The molecule has 1 aliphatic heterocycles. The SMILES string of the molecule is CCCN1CCC(NC(=O)c2cc(OC)c(OC)cc2I)CC1. The zero-order chi connectivity index (χ0) is 16.8. The van der Waals surface area contributed by atoms with Crippen molar-refractivity contribution in [3.05, 3.63) is 21.3 Å². The molecule has 0 spiro atoms. The molecule has 0 aromatic heterocycles. The van der Waals surface area contributed by atoms with Crippen LogP contribution in [0.5, 0.6) is 11.5 Å². The van der Waals surface area contributed by atoms with Crippen molar-refractivity contribution >= 4 is 28.5 Å². The molecule has 0 bridgehead atoms. The second-order valence-corrected chi connectivity index (χ2v) is 6.94. The molecule has 1 N–H and O–H groups in total. The van der Waals surface area contributed by atoms with Gasteiger partial charge in [0.2, 0.25) is 0 Å². The van der Waals surface area contributed by atoms with E-state index in [4.69, 9.17) is 9.47 Å². The molecule has 1 fully saturated rings. The number of nitrogens with one attached hydrogen (secondary N) is 1. The number of rotatable bonds is 6. The number of piperidine rings is 1. The second-order valence-electron chi connectivity index (χ2n) is 5.78. The minimum absolute atomic E-state index is 0.0377. The molecule has 0 atom stereocenters. The minimum atomic E-state index is -0.0377. The predicted molar refractivity (Wildman–Crippen MR) is 99.5 cm³/mol. The molecule has 1 aromatic carbocycles. The van der Waals surface area contributed by atoms with E-state index in [2.05, 4.69) is 39.7 Å². The maximum absolute atomic E-state index is 12.6. The Morgan fingerprint density at radius 2 is 1.87 bits per heavy atom. The Kier molecular flexibility index (Phi) is 6.95. The molecule has 128 valence electrons. The molecule has 1 saturated heterocycles. The van der Waals surface area contributed by atoms with Crippen molar-refractivity contribution in [3.63, 3.8) is 0 Å². The molecular formula is C17H25IN2O3. The lowest BCUT2D eigenvalue weighted by atomic mass is 10.0. The van der Waals surface area contributed by atoms with Gasteiger partial charge >= 0.3 is 0 Å². The Hall–Kier alpha value is -1.02. The van der Waals surface area contributed by atoms with E-state index in [1.165, 1.54) is 6.42 Å². The van der Waals surface area contributed by atoms with Gasteiger partial charge in [0.25, 0.3) is 5.91 Å². The third kappa shape index (κ3) is 4.73.